The average molecular weight is 389 g/mol. The molecule has 5 nitrogen and oxygen atoms in total. The second-order valence-electron chi connectivity index (χ2n) is 6.74. The van der Waals surface area contributed by atoms with Crippen molar-refractivity contribution in [2.45, 2.75) is 57.0 Å². The van der Waals surface area contributed by atoms with Crippen molar-refractivity contribution in [1.29, 1.82) is 0 Å². The summed E-state index contributed by atoms with van der Waals surface area (Å²) in [7, 11) is 0. The molecule has 1 fully saturated rings. The first kappa shape index (κ1) is 15.8. The second-order valence-corrected chi connectivity index (χ2v) is 7.59. The Labute approximate surface area is 150 Å². The fourth-order valence-corrected chi connectivity index (χ4v) is 4.26. The van der Waals surface area contributed by atoms with Gasteiger partial charge in [-0.2, -0.15) is 0 Å². The van der Waals surface area contributed by atoms with E-state index in [1.807, 2.05) is 24.3 Å². The maximum atomic E-state index is 12.8. The molecule has 2 heterocycles. The van der Waals surface area contributed by atoms with E-state index in [9.17, 15) is 4.79 Å². The van der Waals surface area contributed by atoms with Crippen LogP contribution in [0.3, 0.4) is 0 Å². The number of nitrogens with one attached hydrogen (secondary N) is 1. The highest BCUT2D eigenvalue weighted by Crippen LogP contribution is 2.50. The van der Waals surface area contributed by atoms with E-state index in [0.717, 1.165) is 53.9 Å². The van der Waals surface area contributed by atoms with Crippen molar-refractivity contribution in [1.82, 2.24) is 20.1 Å². The van der Waals surface area contributed by atoms with Crippen LogP contribution in [0.2, 0.25) is 0 Å². The minimum absolute atomic E-state index is 0.0976. The molecule has 126 valence electrons. The first-order valence-corrected chi connectivity index (χ1v) is 9.44. The van der Waals surface area contributed by atoms with Crippen LogP contribution in [-0.2, 0) is 29.7 Å². The Hall–Kier alpha value is -1.69. The van der Waals surface area contributed by atoms with Gasteiger partial charge in [0.15, 0.2) is 5.82 Å². The lowest BCUT2D eigenvalue weighted by atomic mass is 9.95. The number of rotatable bonds is 4. The number of hydrogen-bond acceptors (Lipinski definition) is 3. The highest BCUT2D eigenvalue weighted by molar-refractivity contribution is 9.10. The Balaban J connectivity index is 1.48. The van der Waals surface area contributed by atoms with Crippen LogP contribution < -0.4 is 5.32 Å². The molecular formula is C18H21BrN4O. The smallest absolute Gasteiger partial charge is 0.231 e. The van der Waals surface area contributed by atoms with E-state index in [1.54, 1.807) is 0 Å². The predicted molar refractivity (Wildman–Crippen MR) is 94.5 cm³/mol. The second kappa shape index (κ2) is 6.31. The van der Waals surface area contributed by atoms with E-state index < -0.39 is 0 Å². The maximum absolute atomic E-state index is 12.8. The zero-order valence-corrected chi connectivity index (χ0v) is 15.2. The number of aryl methyl sites for hydroxylation is 1. The standard InChI is InChI=1S/C18H21BrN4O/c19-14-7-4-3-6-13(14)18(9-10-18)17(24)20-12-16-22-21-15-8-2-1-5-11-23(15)16/h3-4,6-7H,1-2,5,8-12H2,(H,20,24). The molecule has 24 heavy (non-hydrogen) atoms. The van der Waals surface area contributed by atoms with Crippen molar-refractivity contribution in [3.05, 3.63) is 46.0 Å². The van der Waals surface area contributed by atoms with Crippen molar-refractivity contribution in [2.24, 2.45) is 0 Å². The molecule has 2 aliphatic rings. The summed E-state index contributed by atoms with van der Waals surface area (Å²) >= 11 is 3.58. The third-order valence-electron chi connectivity index (χ3n) is 5.17. The molecule has 0 radical (unpaired) electrons. The largest absolute Gasteiger partial charge is 0.348 e. The Kier molecular flexibility index (Phi) is 4.16. The van der Waals surface area contributed by atoms with Crippen LogP contribution in [0.5, 0.6) is 0 Å². The number of halogens is 1. The SMILES string of the molecule is O=C(NCc1nnc2n1CCCCC2)C1(c2ccccc2Br)CC1. The molecule has 1 aliphatic heterocycles. The summed E-state index contributed by atoms with van der Waals surface area (Å²) in [5, 5.41) is 11.7. The van der Waals surface area contributed by atoms with Gasteiger partial charge < -0.3 is 9.88 Å². The third-order valence-corrected chi connectivity index (χ3v) is 5.86. The molecular weight excluding hydrogens is 368 g/mol. The van der Waals surface area contributed by atoms with Gasteiger partial charge in [-0.1, -0.05) is 40.5 Å². The summed E-state index contributed by atoms with van der Waals surface area (Å²) in [6.07, 6.45) is 6.36. The maximum Gasteiger partial charge on any atom is 0.231 e. The molecule has 6 heteroatoms. The molecule has 1 saturated carbocycles. The van der Waals surface area contributed by atoms with E-state index >= 15 is 0 Å². The topological polar surface area (TPSA) is 59.8 Å². The van der Waals surface area contributed by atoms with Crippen LogP contribution >= 0.6 is 15.9 Å². The van der Waals surface area contributed by atoms with Gasteiger partial charge in [0.05, 0.1) is 12.0 Å². The lowest BCUT2D eigenvalue weighted by Gasteiger charge is -2.17. The number of aromatic nitrogens is 3. The molecule has 0 atom stereocenters. The number of carbonyl (C=O) groups excluding carboxylic acids is 1. The number of benzene rings is 1. The Morgan fingerprint density at radius 2 is 2.04 bits per heavy atom. The molecule has 1 amide bonds. The van der Waals surface area contributed by atoms with Crippen LogP contribution in [0, 0.1) is 0 Å². The summed E-state index contributed by atoms with van der Waals surface area (Å²) in [6.45, 7) is 1.42. The lowest BCUT2D eigenvalue weighted by Crippen LogP contribution is -2.35. The molecule has 1 aliphatic carbocycles. The zero-order valence-electron chi connectivity index (χ0n) is 13.6. The molecule has 0 spiro atoms. The van der Waals surface area contributed by atoms with E-state index in [4.69, 9.17) is 0 Å². The molecule has 0 bridgehead atoms. The normalized spacial score (nSPS) is 18.5. The van der Waals surface area contributed by atoms with E-state index in [2.05, 4.69) is 36.0 Å². The van der Waals surface area contributed by atoms with E-state index in [0.29, 0.717) is 6.54 Å². The van der Waals surface area contributed by atoms with E-state index in [-0.39, 0.29) is 11.3 Å². The van der Waals surface area contributed by atoms with Crippen LogP contribution in [0.1, 0.15) is 49.3 Å². The van der Waals surface area contributed by atoms with Crippen molar-refractivity contribution in [3.8, 4) is 0 Å². The van der Waals surface area contributed by atoms with Crippen LogP contribution in [0.4, 0.5) is 0 Å². The Bertz CT molecular complexity index is 766. The summed E-state index contributed by atoms with van der Waals surface area (Å²) in [6, 6.07) is 8.01. The molecule has 1 aromatic heterocycles. The predicted octanol–water partition coefficient (Wildman–Crippen LogP) is 3.12. The third kappa shape index (κ3) is 2.77. The fraction of sp³-hybridized carbons (Fsp3) is 0.500. The van der Waals surface area contributed by atoms with Gasteiger partial charge in [-0.25, -0.2) is 0 Å². The lowest BCUT2D eigenvalue weighted by molar-refractivity contribution is -0.123. The van der Waals surface area contributed by atoms with Crippen molar-refractivity contribution in [2.75, 3.05) is 0 Å². The van der Waals surface area contributed by atoms with Gasteiger partial charge in [0, 0.05) is 17.4 Å². The Morgan fingerprint density at radius 1 is 1.21 bits per heavy atom. The van der Waals surface area contributed by atoms with E-state index in [1.165, 1.54) is 12.8 Å². The van der Waals surface area contributed by atoms with Crippen LogP contribution in [0.25, 0.3) is 0 Å². The van der Waals surface area contributed by atoms with Gasteiger partial charge in [-0.3, -0.25) is 4.79 Å². The van der Waals surface area contributed by atoms with Crippen LogP contribution in [0.15, 0.2) is 28.7 Å². The van der Waals surface area contributed by atoms with Crippen molar-refractivity contribution >= 4 is 21.8 Å². The summed E-state index contributed by atoms with van der Waals surface area (Å²) < 4.78 is 3.19. The van der Waals surface area contributed by atoms with Gasteiger partial charge >= 0.3 is 0 Å². The molecule has 1 N–H and O–H groups in total. The van der Waals surface area contributed by atoms with Gasteiger partial charge in [0.25, 0.3) is 0 Å². The fourth-order valence-electron chi connectivity index (χ4n) is 3.60. The number of nitrogens with zero attached hydrogens (tertiary/aromatic N) is 3. The van der Waals surface area contributed by atoms with Gasteiger partial charge in [-0.05, 0) is 37.3 Å². The highest BCUT2D eigenvalue weighted by Gasteiger charge is 2.52. The molecule has 1 aromatic carbocycles. The monoisotopic (exact) mass is 388 g/mol. The first-order chi connectivity index (χ1) is 11.7. The van der Waals surface area contributed by atoms with Crippen LogP contribution in [-0.4, -0.2) is 20.7 Å². The molecule has 2 aromatic rings. The number of fused-ring (bicyclic) bond motifs is 1. The van der Waals surface area contributed by atoms with Crippen molar-refractivity contribution in [3.63, 3.8) is 0 Å². The summed E-state index contributed by atoms with van der Waals surface area (Å²) in [5.41, 5.74) is 0.712. The quantitative estimate of drug-likeness (QED) is 0.874. The first-order valence-electron chi connectivity index (χ1n) is 8.65. The van der Waals surface area contributed by atoms with Gasteiger partial charge in [0.1, 0.15) is 5.82 Å². The Morgan fingerprint density at radius 3 is 2.83 bits per heavy atom. The zero-order chi connectivity index (χ0) is 16.6. The number of amides is 1. The van der Waals surface area contributed by atoms with Crippen molar-refractivity contribution < 1.29 is 4.79 Å². The van der Waals surface area contributed by atoms with Gasteiger partial charge in [-0.15, -0.1) is 10.2 Å². The summed E-state index contributed by atoms with van der Waals surface area (Å²) in [4.78, 5) is 12.8. The molecule has 0 saturated heterocycles. The number of hydrogen-bond donors (Lipinski definition) is 1. The average Bonchev–Trinajstić information content (AvgIpc) is 3.35. The highest BCUT2D eigenvalue weighted by atomic mass is 79.9. The molecule has 4 rings (SSSR count). The summed E-state index contributed by atoms with van der Waals surface area (Å²) in [5.74, 6) is 2.03. The minimum Gasteiger partial charge on any atom is -0.348 e. The minimum atomic E-state index is -0.373. The number of carbonyl (C=O) groups is 1. The molecule has 0 unspecified atom stereocenters. The van der Waals surface area contributed by atoms with Gasteiger partial charge in [0.2, 0.25) is 5.91 Å².